The van der Waals surface area contributed by atoms with Crippen molar-refractivity contribution in [3.63, 3.8) is 0 Å². The summed E-state index contributed by atoms with van der Waals surface area (Å²) in [5.41, 5.74) is -0.517. The Kier molecular flexibility index (Phi) is 3.04. The van der Waals surface area contributed by atoms with Crippen LogP contribution in [0.2, 0.25) is 0 Å². The summed E-state index contributed by atoms with van der Waals surface area (Å²) >= 11 is 1.07. The first-order valence-corrected chi connectivity index (χ1v) is 5.99. The lowest BCUT2D eigenvalue weighted by molar-refractivity contribution is -0.119. The molecule has 2 aromatic rings. The predicted octanol–water partition coefficient (Wildman–Crippen LogP) is -1.02. The third kappa shape index (κ3) is 1.74. The fourth-order valence-electron chi connectivity index (χ4n) is 1.68. The fourth-order valence-corrected chi connectivity index (χ4v) is 2.56. The van der Waals surface area contributed by atoms with Crippen molar-refractivity contribution in [2.24, 2.45) is 14.1 Å². The van der Waals surface area contributed by atoms with E-state index in [0.29, 0.717) is 15.9 Å². The summed E-state index contributed by atoms with van der Waals surface area (Å²) < 4.78 is 6.40. The molecule has 0 atom stereocenters. The van der Waals surface area contributed by atoms with Gasteiger partial charge in [0, 0.05) is 26.0 Å². The van der Waals surface area contributed by atoms with E-state index in [4.69, 9.17) is 0 Å². The Morgan fingerprint density at radius 3 is 2.61 bits per heavy atom. The number of fused-ring (bicyclic) bond motifs is 1. The molecule has 0 fully saturated rings. The van der Waals surface area contributed by atoms with Crippen LogP contribution in [0.15, 0.2) is 9.59 Å². The van der Waals surface area contributed by atoms with E-state index < -0.39 is 11.2 Å². The second-order valence-electron chi connectivity index (χ2n) is 3.86. The Labute approximate surface area is 106 Å². The molecule has 7 nitrogen and oxygen atoms in total. The number of nitrogens with zero attached hydrogens (tertiary/aromatic N) is 3. The highest BCUT2D eigenvalue weighted by atomic mass is 32.1. The van der Waals surface area contributed by atoms with Crippen LogP contribution in [0, 0.1) is 0 Å². The average molecular weight is 268 g/mol. The zero-order valence-corrected chi connectivity index (χ0v) is 11.0. The quantitative estimate of drug-likeness (QED) is 0.755. The van der Waals surface area contributed by atoms with Crippen molar-refractivity contribution >= 4 is 28.5 Å². The Morgan fingerprint density at radius 2 is 2.00 bits per heavy atom. The van der Waals surface area contributed by atoms with Crippen molar-refractivity contribution in [3.8, 4) is 0 Å². The molecule has 2 heterocycles. The molecule has 0 aromatic carbocycles. The van der Waals surface area contributed by atoms with Crippen molar-refractivity contribution in [1.29, 1.82) is 0 Å². The van der Waals surface area contributed by atoms with Crippen LogP contribution in [0.25, 0.3) is 11.0 Å². The van der Waals surface area contributed by atoms with Gasteiger partial charge in [-0.1, -0.05) is 0 Å². The van der Waals surface area contributed by atoms with E-state index in [9.17, 15) is 14.4 Å². The van der Waals surface area contributed by atoms with E-state index in [2.05, 4.69) is 9.69 Å². The van der Waals surface area contributed by atoms with Crippen LogP contribution in [0.4, 0.5) is 0 Å². The molecule has 0 aliphatic rings. The summed E-state index contributed by atoms with van der Waals surface area (Å²) in [7, 11) is 4.48. The molecule has 1 amide bonds. The number of likely N-dealkylation sites (N-methyl/N-ethyl adjacent to an activating group) is 1. The van der Waals surface area contributed by atoms with E-state index in [-0.39, 0.29) is 12.3 Å². The molecule has 0 bridgehead atoms. The number of hydrogen-bond donors (Lipinski definition) is 1. The minimum absolute atomic E-state index is 0.0884. The lowest BCUT2D eigenvalue weighted by Crippen LogP contribution is -2.37. The van der Waals surface area contributed by atoms with Gasteiger partial charge in [0.05, 0.1) is 11.8 Å². The number of carbonyl (C=O) groups excluding carboxylic acids is 1. The van der Waals surface area contributed by atoms with E-state index in [0.717, 1.165) is 16.1 Å². The Bertz CT molecular complexity index is 740. The van der Waals surface area contributed by atoms with Gasteiger partial charge in [0.15, 0.2) is 5.65 Å². The van der Waals surface area contributed by atoms with Gasteiger partial charge >= 0.3 is 5.69 Å². The van der Waals surface area contributed by atoms with Gasteiger partial charge in [0.25, 0.3) is 5.56 Å². The Balaban J connectivity index is 2.78. The molecule has 8 heteroatoms. The number of carbonyl (C=O) groups is 1. The van der Waals surface area contributed by atoms with Crippen LogP contribution >= 0.6 is 11.5 Å². The number of aromatic nitrogens is 3. The molecule has 0 aliphatic heterocycles. The number of rotatable bonds is 2. The maximum absolute atomic E-state index is 12.0. The highest BCUT2D eigenvalue weighted by Gasteiger charge is 2.17. The first-order chi connectivity index (χ1) is 8.47. The number of aryl methyl sites for hydroxylation is 1. The van der Waals surface area contributed by atoms with Gasteiger partial charge in [-0.3, -0.25) is 18.7 Å². The largest absolute Gasteiger partial charge is 0.359 e. The lowest BCUT2D eigenvalue weighted by atomic mass is 10.2. The molecule has 96 valence electrons. The van der Waals surface area contributed by atoms with E-state index >= 15 is 0 Å². The Hall–Kier alpha value is -1.96. The molecule has 18 heavy (non-hydrogen) atoms. The van der Waals surface area contributed by atoms with Crippen LogP contribution in [-0.4, -0.2) is 26.5 Å². The molecule has 0 aliphatic carbocycles. The van der Waals surface area contributed by atoms with Crippen molar-refractivity contribution in [2.75, 3.05) is 7.05 Å². The molecular weight excluding hydrogens is 256 g/mol. The normalized spacial score (nSPS) is 10.8. The maximum Gasteiger partial charge on any atom is 0.332 e. The van der Waals surface area contributed by atoms with Crippen LogP contribution in [0.3, 0.4) is 0 Å². The third-order valence-electron chi connectivity index (χ3n) is 2.75. The molecule has 0 saturated carbocycles. The maximum atomic E-state index is 12.0. The third-order valence-corrected chi connectivity index (χ3v) is 3.59. The molecule has 1 N–H and O–H groups in total. The minimum Gasteiger partial charge on any atom is -0.359 e. The zero-order valence-electron chi connectivity index (χ0n) is 10.2. The molecule has 0 spiro atoms. The molecule has 0 unspecified atom stereocenters. The highest BCUT2D eigenvalue weighted by molar-refractivity contribution is 7.07. The van der Waals surface area contributed by atoms with E-state index in [1.54, 1.807) is 7.05 Å². The van der Waals surface area contributed by atoms with E-state index in [1.807, 2.05) is 0 Å². The van der Waals surface area contributed by atoms with Gasteiger partial charge < -0.3 is 5.32 Å². The van der Waals surface area contributed by atoms with Crippen LogP contribution in [0.1, 0.15) is 4.88 Å². The smallest absolute Gasteiger partial charge is 0.332 e. The SMILES string of the molecule is CNC(=O)Cc1snc2c1c(=O)n(C)c(=O)n2C. The first kappa shape index (κ1) is 12.5. The number of nitrogens with one attached hydrogen (secondary N) is 1. The first-order valence-electron chi connectivity index (χ1n) is 5.22. The summed E-state index contributed by atoms with van der Waals surface area (Å²) in [6, 6.07) is 0. The summed E-state index contributed by atoms with van der Waals surface area (Å²) in [5.74, 6) is -0.198. The van der Waals surface area contributed by atoms with Gasteiger partial charge in [0.1, 0.15) is 0 Å². The van der Waals surface area contributed by atoms with E-state index in [1.165, 1.54) is 18.7 Å². The Morgan fingerprint density at radius 1 is 1.33 bits per heavy atom. The second-order valence-corrected chi connectivity index (χ2v) is 4.72. The summed E-state index contributed by atoms with van der Waals surface area (Å²) in [4.78, 5) is 35.7. The fraction of sp³-hybridized carbons (Fsp3) is 0.400. The monoisotopic (exact) mass is 268 g/mol. The zero-order chi connectivity index (χ0) is 13.4. The van der Waals surface area contributed by atoms with Gasteiger partial charge in [0.2, 0.25) is 5.91 Å². The summed E-state index contributed by atoms with van der Waals surface area (Å²) in [6.45, 7) is 0. The molecule has 2 aromatic heterocycles. The average Bonchev–Trinajstić information content (AvgIpc) is 2.77. The minimum atomic E-state index is -0.427. The predicted molar refractivity (Wildman–Crippen MR) is 67.9 cm³/mol. The van der Waals surface area contributed by atoms with Gasteiger partial charge in [-0.2, -0.15) is 4.37 Å². The van der Waals surface area contributed by atoms with Gasteiger partial charge in [-0.05, 0) is 11.5 Å². The molecule has 0 radical (unpaired) electrons. The van der Waals surface area contributed by atoms with Crippen LogP contribution in [0.5, 0.6) is 0 Å². The lowest BCUT2D eigenvalue weighted by Gasteiger charge is -2.03. The van der Waals surface area contributed by atoms with Crippen LogP contribution < -0.4 is 16.6 Å². The topological polar surface area (TPSA) is 86.0 Å². The van der Waals surface area contributed by atoms with Gasteiger partial charge in [-0.25, -0.2) is 4.79 Å². The second kappa shape index (κ2) is 4.37. The molecular formula is C10H12N4O3S. The molecule has 0 saturated heterocycles. The summed E-state index contributed by atoms with van der Waals surface area (Å²) in [6.07, 6.45) is 0.0884. The summed E-state index contributed by atoms with van der Waals surface area (Å²) in [5, 5.41) is 2.83. The van der Waals surface area contributed by atoms with Crippen molar-refractivity contribution in [1.82, 2.24) is 18.8 Å². The van der Waals surface area contributed by atoms with Gasteiger partial charge in [-0.15, -0.1) is 0 Å². The standard InChI is InChI=1S/C10H12N4O3S/c1-11-6(15)4-5-7-8(12-18-5)13(2)10(17)14(3)9(7)16/h4H2,1-3H3,(H,11,15). The van der Waals surface area contributed by atoms with Crippen molar-refractivity contribution in [2.45, 2.75) is 6.42 Å². The van der Waals surface area contributed by atoms with Crippen molar-refractivity contribution in [3.05, 3.63) is 25.7 Å². The van der Waals surface area contributed by atoms with Crippen LogP contribution in [-0.2, 0) is 25.3 Å². The van der Waals surface area contributed by atoms with Crippen molar-refractivity contribution < 1.29 is 4.79 Å². The number of hydrogen-bond acceptors (Lipinski definition) is 5. The number of amides is 1. The highest BCUT2D eigenvalue weighted by Crippen LogP contribution is 2.17. The molecule has 2 rings (SSSR count).